The second kappa shape index (κ2) is 7.23. The normalized spacial score (nSPS) is 15.7. The molecule has 8 heteroatoms. The number of rotatable bonds is 4. The minimum absolute atomic E-state index is 0.167. The van der Waals surface area contributed by atoms with Gasteiger partial charge in [-0.2, -0.15) is 4.98 Å². The summed E-state index contributed by atoms with van der Waals surface area (Å²) in [5.41, 5.74) is 0.672. The first-order valence-corrected chi connectivity index (χ1v) is 9.65. The molecule has 3 aromatic rings. The molecule has 0 amide bonds. The molecule has 0 saturated carbocycles. The van der Waals surface area contributed by atoms with Gasteiger partial charge in [0.15, 0.2) is 0 Å². The summed E-state index contributed by atoms with van der Waals surface area (Å²) in [6.07, 6.45) is 0. The summed E-state index contributed by atoms with van der Waals surface area (Å²) in [6, 6.07) is 8.90. The number of thiophene rings is 1. The van der Waals surface area contributed by atoms with Crippen molar-refractivity contribution in [2.24, 2.45) is 0 Å². The van der Waals surface area contributed by atoms with Crippen molar-refractivity contribution in [2.75, 3.05) is 31.1 Å². The van der Waals surface area contributed by atoms with Gasteiger partial charge in [0, 0.05) is 36.0 Å². The van der Waals surface area contributed by atoms with Gasteiger partial charge in [0.2, 0.25) is 11.7 Å². The fourth-order valence-electron chi connectivity index (χ4n) is 2.90. The number of anilines is 1. The van der Waals surface area contributed by atoms with Crippen LogP contribution < -0.4 is 4.90 Å². The smallest absolute Gasteiger partial charge is 0.241 e. The lowest BCUT2D eigenvalue weighted by Crippen LogP contribution is -2.46. The van der Waals surface area contributed by atoms with Crippen molar-refractivity contribution >= 4 is 33.0 Å². The molecule has 0 atom stereocenters. The lowest BCUT2D eigenvalue weighted by molar-refractivity contribution is 0.215. The van der Waals surface area contributed by atoms with Crippen molar-refractivity contribution in [1.82, 2.24) is 15.0 Å². The van der Waals surface area contributed by atoms with Crippen LogP contribution in [-0.2, 0) is 6.54 Å². The number of para-hydroxylation sites is 1. The molecular weight excluding hydrogens is 407 g/mol. The van der Waals surface area contributed by atoms with Crippen LogP contribution in [0.3, 0.4) is 0 Å². The summed E-state index contributed by atoms with van der Waals surface area (Å²) >= 11 is 5.00. The van der Waals surface area contributed by atoms with E-state index in [4.69, 9.17) is 4.52 Å². The summed E-state index contributed by atoms with van der Waals surface area (Å²) < 4.78 is 20.3. The Morgan fingerprint density at radius 1 is 1.20 bits per heavy atom. The predicted molar refractivity (Wildman–Crippen MR) is 99.2 cm³/mol. The molecule has 1 aliphatic heterocycles. The summed E-state index contributed by atoms with van der Waals surface area (Å²) in [5, 5.41) is 6.05. The van der Waals surface area contributed by atoms with Gasteiger partial charge in [-0.1, -0.05) is 17.3 Å². The van der Waals surface area contributed by atoms with Gasteiger partial charge in [0.25, 0.3) is 0 Å². The zero-order valence-electron chi connectivity index (χ0n) is 13.4. The first-order chi connectivity index (χ1) is 12.2. The van der Waals surface area contributed by atoms with Crippen molar-refractivity contribution in [3.63, 3.8) is 0 Å². The molecule has 0 spiro atoms. The lowest BCUT2D eigenvalue weighted by Gasteiger charge is -2.35. The molecule has 1 saturated heterocycles. The van der Waals surface area contributed by atoms with Gasteiger partial charge in [-0.3, -0.25) is 4.90 Å². The Labute approximate surface area is 157 Å². The number of piperazine rings is 1. The van der Waals surface area contributed by atoms with Crippen LogP contribution >= 0.6 is 27.3 Å². The van der Waals surface area contributed by atoms with Crippen LogP contribution in [0.5, 0.6) is 0 Å². The van der Waals surface area contributed by atoms with Crippen molar-refractivity contribution in [2.45, 2.75) is 6.54 Å². The van der Waals surface area contributed by atoms with Crippen LogP contribution in [0.15, 0.2) is 44.7 Å². The molecule has 5 nitrogen and oxygen atoms in total. The van der Waals surface area contributed by atoms with E-state index >= 15 is 0 Å². The molecule has 0 aliphatic carbocycles. The Balaban J connectivity index is 1.36. The molecule has 0 unspecified atom stereocenters. The Morgan fingerprint density at radius 3 is 2.72 bits per heavy atom. The Hall–Kier alpha value is -1.77. The van der Waals surface area contributed by atoms with Crippen LogP contribution in [0.2, 0.25) is 0 Å². The van der Waals surface area contributed by atoms with E-state index in [1.807, 2.05) is 23.6 Å². The second-order valence-corrected chi connectivity index (χ2v) is 7.68. The van der Waals surface area contributed by atoms with E-state index in [9.17, 15) is 4.39 Å². The number of benzene rings is 1. The summed E-state index contributed by atoms with van der Waals surface area (Å²) in [5.74, 6) is 1.06. The van der Waals surface area contributed by atoms with E-state index < -0.39 is 0 Å². The SMILES string of the molecule is Fc1ccccc1N1CCN(Cc2nc(-c3cc(Br)cs3)no2)CC1. The second-order valence-electron chi connectivity index (χ2n) is 5.86. The largest absolute Gasteiger partial charge is 0.367 e. The average Bonchev–Trinajstić information content (AvgIpc) is 3.25. The zero-order valence-corrected chi connectivity index (χ0v) is 15.8. The quantitative estimate of drug-likeness (QED) is 0.635. The first-order valence-electron chi connectivity index (χ1n) is 7.98. The first kappa shape index (κ1) is 16.7. The predicted octanol–water partition coefficient (Wildman–Crippen LogP) is 4.02. The number of hydrogen-bond acceptors (Lipinski definition) is 6. The van der Waals surface area contributed by atoms with Gasteiger partial charge >= 0.3 is 0 Å². The summed E-state index contributed by atoms with van der Waals surface area (Å²) in [6.45, 7) is 3.83. The van der Waals surface area contributed by atoms with E-state index in [-0.39, 0.29) is 5.82 Å². The topological polar surface area (TPSA) is 45.4 Å². The highest BCUT2D eigenvalue weighted by Gasteiger charge is 2.21. The highest BCUT2D eigenvalue weighted by Crippen LogP contribution is 2.28. The van der Waals surface area contributed by atoms with Crippen LogP contribution in [0.4, 0.5) is 10.1 Å². The number of halogens is 2. The summed E-state index contributed by atoms with van der Waals surface area (Å²) in [7, 11) is 0. The maximum absolute atomic E-state index is 13.9. The fourth-order valence-corrected chi connectivity index (χ4v) is 4.25. The van der Waals surface area contributed by atoms with Crippen LogP contribution in [0, 0.1) is 5.82 Å². The minimum atomic E-state index is -0.167. The highest BCUT2D eigenvalue weighted by atomic mass is 79.9. The molecule has 0 radical (unpaired) electrons. The molecule has 0 N–H and O–H groups in total. The Bertz CT molecular complexity index is 860. The monoisotopic (exact) mass is 422 g/mol. The van der Waals surface area contributed by atoms with Crippen molar-refractivity contribution < 1.29 is 8.91 Å². The molecule has 1 aromatic carbocycles. The molecular formula is C17H16BrFN4OS. The molecule has 4 rings (SSSR count). The third-order valence-corrected chi connectivity index (χ3v) is 5.87. The van der Waals surface area contributed by atoms with Crippen LogP contribution in [-0.4, -0.2) is 41.2 Å². The van der Waals surface area contributed by atoms with Crippen molar-refractivity contribution in [3.8, 4) is 10.7 Å². The third-order valence-electron chi connectivity index (χ3n) is 4.18. The minimum Gasteiger partial charge on any atom is -0.367 e. The van der Waals surface area contributed by atoms with E-state index in [1.54, 1.807) is 17.4 Å². The maximum Gasteiger partial charge on any atom is 0.241 e. The van der Waals surface area contributed by atoms with E-state index in [0.717, 1.165) is 35.5 Å². The standard InChI is InChI=1S/C17H16BrFN4OS/c18-12-9-15(25-11-12)17-20-16(24-21-17)10-22-5-7-23(8-6-22)14-4-2-1-3-13(14)19/h1-4,9,11H,5-8,10H2. The van der Waals surface area contributed by atoms with Crippen LogP contribution in [0.25, 0.3) is 10.7 Å². The van der Waals surface area contributed by atoms with Gasteiger partial charge in [-0.25, -0.2) is 4.39 Å². The van der Waals surface area contributed by atoms with Crippen molar-refractivity contribution in [3.05, 3.63) is 51.9 Å². The van der Waals surface area contributed by atoms with E-state index in [2.05, 4.69) is 35.9 Å². The van der Waals surface area contributed by atoms with E-state index in [1.165, 1.54) is 6.07 Å². The van der Waals surface area contributed by atoms with Crippen molar-refractivity contribution in [1.29, 1.82) is 0 Å². The van der Waals surface area contributed by atoms with Crippen LogP contribution in [0.1, 0.15) is 5.89 Å². The summed E-state index contributed by atoms with van der Waals surface area (Å²) in [4.78, 5) is 9.78. The van der Waals surface area contributed by atoms with Gasteiger partial charge in [0.05, 0.1) is 17.1 Å². The molecule has 130 valence electrons. The fraction of sp³-hybridized carbons (Fsp3) is 0.294. The van der Waals surface area contributed by atoms with Gasteiger partial charge < -0.3 is 9.42 Å². The van der Waals surface area contributed by atoms with Gasteiger partial charge in [-0.15, -0.1) is 11.3 Å². The number of nitrogens with zero attached hydrogens (tertiary/aromatic N) is 4. The molecule has 3 heterocycles. The molecule has 25 heavy (non-hydrogen) atoms. The lowest BCUT2D eigenvalue weighted by atomic mass is 10.2. The van der Waals surface area contributed by atoms with Gasteiger partial charge in [-0.05, 0) is 34.1 Å². The molecule has 0 bridgehead atoms. The van der Waals surface area contributed by atoms with Gasteiger partial charge in [0.1, 0.15) is 5.82 Å². The third kappa shape index (κ3) is 3.75. The number of hydrogen-bond donors (Lipinski definition) is 0. The molecule has 1 fully saturated rings. The Morgan fingerprint density at radius 2 is 2.00 bits per heavy atom. The highest BCUT2D eigenvalue weighted by molar-refractivity contribution is 9.10. The Kier molecular flexibility index (Phi) is 4.82. The maximum atomic E-state index is 13.9. The number of aromatic nitrogens is 2. The molecule has 2 aromatic heterocycles. The molecule has 1 aliphatic rings. The zero-order chi connectivity index (χ0) is 17.2. The average molecular weight is 423 g/mol. The van der Waals surface area contributed by atoms with E-state index in [0.29, 0.717) is 23.9 Å².